The van der Waals surface area contributed by atoms with E-state index < -0.39 is 0 Å². The number of anilines is 2. The van der Waals surface area contributed by atoms with E-state index in [0.29, 0.717) is 0 Å². The van der Waals surface area contributed by atoms with Gasteiger partial charge in [0.25, 0.3) is 0 Å². The molecule has 1 atom stereocenters. The summed E-state index contributed by atoms with van der Waals surface area (Å²) in [6.45, 7) is 4.04. The predicted octanol–water partition coefficient (Wildman–Crippen LogP) is 1.40. The van der Waals surface area contributed by atoms with Crippen molar-refractivity contribution in [1.29, 1.82) is 0 Å². The Kier molecular flexibility index (Phi) is 3.17. The summed E-state index contributed by atoms with van der Waals surface area (Å²) in [4.78, 5) is 12.5. The summed E-state index contributed by atoms with van der Waals surface area (Å²) in [5.41, 5.74) is 5.71. The van der Waals surface area contributed by atoms with Crippen molar-refractivity contribution in [3.05, 3.63) is 10.9 Å². The highest BCUT2D eigenvalue weighted by atomic mass is 32.1. The van der Waals surface area contributed by atoms with Crippen LogP contribution in [0.4, 0.5) is 11.8 Å². The van der Waals surface area contributed by atoms with E-state index in [1.54, 1.807) is 11.3 Å². The monoisotopic (exact) mass is 252 g/mol. The van der Waals surface area contributed by atoms with E-state index in [4.69, 9.17) is 5.73 Å². The molecule has 2 aromatic heterocycles. The first-order chi connectivity index (χ1) is 8.02. The fourth-order valence-corrected chi connectivity index (χ4v) is 2.52. The first kappa shape index (κ1) is 12.1. The van der Waals surface area contributed by atoms with Crippen molar-refractivity contribution < 1.29 is 5.11 Å². The van der Waals surface area contributed by atoms with Gasteiger partial charge in [0, 0.05) is 11.9 Å². The molecule has 2 heterocycles. The molecule has 17 heavy (non-hydrogen) atoms. The van der Waals surface area contributed by atoms with Gasteiger partial charge in [-0.05, 0) is 19.9 Å². The van der Waals surface area contributed by atoms with Crippen molar-refractivity contribution in [3.8, 4) is 0 Å². The van der Waals surface area contributed by atoms with Crippen LogP contribution in [-0.2, 0) is 0 Å². The lowest BCUT2D eigenvalue weighted by Gasteiger charge is -2.24. The zero-order valence-corrected chi connectivity index (χ0v) is 11.0. The Balaban J connectivity index is 2.58. The van der Waals surface area contributed by atoms with E-state index >= 15 is 0 Å². The molecule has 2 rings (SSSR count). The predicted molar refractivity (Wildman–Crippen MR) is 71.5 cm³/mol. The van der Waals surface area contributed by atoms with Crippen LogP contribution in [0.3, 0.4) is 0 Å². The van der Waals surface area contributed by atoms with Gasteiger partial charge in [-0.15, -0.1) is 11.3 Å². The number of fused-ring (bicyclic) bond motifs is 1. The number of nitrogen functional groups attached to an aromatic ring is 1. The van der Waals surface area contributed by atoms with Crippen molar-refractivity contribution in [1.82, 2.24) is 9.97 Å². The minimum atomic E-state index is -0.00675. The molecule has 0 aliphatic heterocycles. The molecule has 1 unspecified atom stereocenters. The van der Waals surface area contributed by atoms with Gasteiger partial charge in [-0.1, -0.05) is 0 Å². The molecule has 0 aliphatic rings. The number of aryl methyl sites for hydroxylation is 1. The molecule has 0 saturated heterocycles. The van der Waals surface area contributed by atoms with Crippen molar-refractivity contribution >= 4 is 33.3 Å². The van der Waals surface area contributed by atoms with Crippen LogP contribution in [-0.4, -0.2) is 34.8 Å². The third kappa shape index (κ3) is 2.18. The molecule has 5 nitrogen and oxygen atoms in total. The second-order valence-corrected chi connectivity index (χ2v) is 5.36. The van der Waals surface area contributed by atoms with E-state index in [2.05, 4.69) is 16.0 Å². The average molecular weight is 252 g/mol. The smallest absolute Gasteiger partial charge is 0.223 e. The number of aromatic nitrogens is 2. The maximum atomic E-state index is 9.20. The zero-order valence-electron chi connectivity index (χ0n) is 10.1. The Bertz CT molecular complexity index is 539. The molecular weight excluding hydrogens is 236 g/mol. The highest BCUT2D eigenvalue weighted by molar-refractivity contribution is 7.18. The average Bonchev–Trinajstić information content (AvgIpc) is 2.66. The maximum Gasteiger partial charge on any atom is 0.223 e. The number of nitrogens with zero attached hydrogens (tertiary/aromatic N) is 3. The molecular formula is C11H16N4OS. The van der Waals surface area contributed by atoms with Gasteiger partial charge in [0.05, 0.1) is 18.0 Å². The summed E-state index contributed by atoms with van der Waals surface area (Å²) < 4.78 is 0. The van der Waals surface area contributed by atoms with E-state index in [9.17, 15) is 5.11 Å². The molecule has 0 fully saturated rings. The van der Waals surface area contributed by atoms with Gasteiger partial charge in [0.15, 0.2) is 0 Å². The number of nitrogens with two attached hydrogens (primary N) is 1. The van der Waals surface area contributed by atoms with Gasteiger partial charge >= 0.3 is 0 Å². The lowest BCUT2D eigenvalue weighted by Crippen LogP contribution is -2.32. The summed E-state index contributed by atoms with van der Waals surface area (Å²) in [6.07, 6.45) is 0. The minimum Gasteiger partial charge on any atom is -0.394 e. The molecule has 2 aromatic rings. The van der Waals surface area contributed by atoms with Gasteiger partial charge in [-0.2, -0.15) is 4.98 Å². The fourth-order valence-electron chi connectivity index (χ4n) is 1.64. The quantitative estimate of drug-likeness (QED) is 0.863. The standard InChI is InChI=1S/C11H16N4OS/c1-6(5-16)15(3)9-8-4-7(2)17-10(8)14-11(12)13-9/h4,6,16H,5H2,1-3H3,(H2,12,13,14). The molecule has 92 valence electrons. The van der Waals surface area contributed by atoms with E-state index in [1.165, 1.54) is 4.88 Å². The zero-order chi connectivity index (χ0) is 12.6. The Morgan fingerprint density at radius 1 is 1.53 bits per heavy atom. The lowest BCUT2D eigenvalue weighted by atomic mass is 10.2. The SMILES string of the molecule is Cc1cc2c(N(C)C(C)CO)nc(N)nc2s1. The molecule has 0 saturated carbocycles. The summed E-state index contributed by atoms with van der Waals surface area (Å²) in [5.74, 6) is 1.05. The second kappa shape index (κ2) is 4.46. The molecule has 0 amide bonds. The molecule has 0 aliphatic carbocycles. The van der Waals surface area contributed by atoms with Gasteiger partial charge in [0.2, 0.25) is 5.95 Å². The number of aliphatic hydroxyl groups is 1. The fraction of sp³-hybridized carbons (Fsp3) is 0.455. The normalized spacial score (nSPS) is 12.9. The van der Waals surface area contributed by atoms with Crippen LogP contribution < -0.4 is 10.6 Å². The largest absolute Gasteiger partial charge is 0.394 e. The van der Waals surface area contributed by atoms with Crippen molar-refractivity contribution in [2.24, 2.45) is 0 Å². The summed E-state index contributed by atoms with van der Waals surface area (Å²) in [5, 5.41) is 10.2. The van der Waals surface area contributed by atoms with Crippen LogP contribution in [0.15, 0.2) is 6.07 Å². The molecule has 0 aromatic carbocycles. The van der Waals surface area contributed by atoms with Gasteiger partial charge in [0.1, 0.15) is 10.6 Å². The van der Waals surface area contributed by atoms with E-state index in [-0.39, 0.29) is 18.6 Å². The molecule has 0 spiro atoms. The number of thiophene rings is 1. The van der Waals surface area contributed by atoms with Crippen LogP contribution >= 0.6 is 11.3 Å². The first-order valence-corrected chi connectivity index (χ1v) is 6.22. The van der Waals surface area contributed by atoms with Crippen molar-refractivity contribution in [2.45, 2.75) is 19.9 Å². The molecule has 0 bridgehead atoms. The lowest BCUT2D eigenvalue weighted by molar-refractivity contribution is 0.270. The maximum absolute atomic E-state index is 9.20. The highest BCUT2D eigenvalue weighted by Gasteiger charge is 2.16. The van der Waals surface area contributed by atoms with Crippen LogP contribution in [0, 0.1) is 6.92 Å². The topological polar surface area (TPSA) is 75.3 Å². The van der Waals surface area contributed by atoms with E-state index in [1.807, 2.05) is 25.8 Å². The van der Waals surface area contributed by atoms with Crippen LogP contribution in [0.2, 0.25) is 0 Å². The number of hydrogen-bond donors (Lipinski definition) is 2. The minimum absolute atomic E-state index is 0.00675. The van der Waals surface area contributed by atoms with E-state index in [0.717, 1.165) is 16.0 Å². The Morgan fingerprint density at radius 3 is 2.88 bits per heavy atom. The van der Waals surface area contributed by atoms with Crippen LogP contribution in [0.1, 0.15) is 11.8 Å². The second-order valence-electron chi connectivity index (χ2n) is 4.12. The van der Waals surface area contributed by atoms with Crippen molar-refractivity contribution in [3.63, 3.8) is 0 Å². The Morgan fingerprint density at radius 2 is 2.24 bits per heavy atom. The molecule has 0 radical (unpaired) electrons. The molecule has 3 N–H and O–H groups in total. The number of rotatable bonds is 3. The van der Waals surface area contributed by atoms with Crippen LogP contribution in [0.25, 0.3) is 10.2 Å². The summed E-state index contributed by atoms with van der Waals surface area (Å²) >= 11 is 1.60. The third-order valence-corrected chi connectivity index (χ3v) is 3.72. The van der Waals surface area contributed by atoms with Gasteiger partial charge in [-0.3, -0.25) is 0 Å². The highest BCUT2D eigenvalue weighted by Crippen LogP contribution is 2.31. The summed E-state index contributed by atoms with van der Waals surface area (Å²) in [7, 11) is 1.90. The Hall–Kier alpha value is -1.40. The third-order valence-electron chi connectivity index (χ3n) is 2.77. The number of aliphatic hydroxyl groups excluding tert-OH is 1. The van der Waals surface area contributed by atoms with Crippen molar-refractivity contribution in [2.75, 3.05) is 24.3 Å². The van der Waals surface area contributed by atoms with Gasteiger partial charge < -0.3 is 15.7 Å². The van der Waals surface area contributed by atoms with Gasteiger partial charge in [-0.25, -0.2) is 4.98 Å². The number of hydrogen-bond acceptors (Lipinski definition) is 6. The van der Waals surface area contributed by atoms with Crippen LogP contribution in [0.5, 0.6) is 0 Å². The first-order valence-electron chi connectivity index (χ1n) is 5.40. The molecule has 6 heteroatoms. The number of likely N-dealkylation sites (N-methyl/N-ethyl adjacent to an activating group) is 1. The Labute approximate surface area is 104 Å². The summed E-state index contributed by atoms with van der Waals surface area (Å²) in [6, 6.07) is 2.04.